The molecule has 2 N–H and O–H groups in total. The third-order valence-electron chi connectivity index (χ3n) is 3.88. The molecule has 2 rings (SSSR count). The van der Waals surface area contributed by atoms with Gasteiger partial charge in [-0.25, -0.2) is 12.8 Å². The zero-order chi connectivity index (χ0) is 14.8. The number of halogens is 1. The third-order valence-corrected chi connectivity index (χ3v) is 5.94. The quantitative estimate of drug-likeness (QED) is 0.926. The van der Waals surface area contributed by atoms with Crippen molar-refractivity contribution in [1.29, 1.82) is 0 Å². The van der Waals surface area contributed by atoms with Crippen LogP contribution in [0.1, 0.15) is 32.6 Å². The fraction of sp³-hybridized carbons (Fsp3) is 0.571. The average molecular weight is 300 g/mol. The maximum Gasteiger partial charge on any atom is 0.246 e. The Morgan fingerprint density at radius 3 is 2.40 bits per heavy atom. The van der Waals surface area contributed by atoms with E-state index in [9.17, 15) is 12.8 Å². The first-order chi connectivity index (χ1) is 9.46. The number of nitrogens with two attached hydrogens (primary N) is 1. The zero-order valence-electron chi connectivity index (χ0n) is 11.6. The molecule has 0 aliphatic heterocycles. The predicted octanol–water partition coefficient (Wildman–Crippen LogP) is 2.11. The van der Waals surface area contributed by atoms with E-state index in [1.807, 2.05) is 0 Å². The number of sulfonamides is 1. The van der Waals surface area contributed by atoms with E-state index in [-0.39, 0.29) is 17.0 Å². The highest BCUT2D eigenvalue weighted by molar-refractivity contribution is 7.89. The van der Waals surface area contributed by atoms with Crippen molar-refractivity contribution in [1.82, 2.24) is 4.31 Å². The molecule has 1 aliphatic carbocycles. The Morgan fingerprint density at radius 2 is 1.85 bits per heavy atom. The average Bonchev–Trinajstić information content (AvgIpc) is 2.42. The summed E-state index contributed by atoms with van der Waals surface area (Å²) in [4.78, 5) is -0.239. The fourth-order valence-electron chi connectivity index (χ4n) is 2.79. The van der Waals surface area contributed by atoms with Gasteiger partial charge in [0.1, 0.15) is 10.7 Å². The van der Waals surface area contributed by atoms with Gasteiger partial charge in [0.05, 0.1) is 0 Å². The minimum absolute atomic E-state index is 0.0793. The standard InChI is InChI=1S/C14H21FN2O2S/c1-2-17(12-9-7-11(16)8-10-12)20(18,19)14-6-4-3-5-13(14)15/h3-6,11-12H,2,7-10,16H2,1H3. The molecule has 1 saturated carbocycles. The maximum atomic E-state index is 13.8. The summed E-state index contributed by atoms with van der Waals surface area (Å²) in [7, 11) is -3.78. The number of rotatable bonds is 4. The molecule has 0 aromatic heterocycles. The monoisotopic (exact) mass is 300 g/mol. The second kappa shape index (κ2) is 6.20. The summed E-state index contributed by atoms with van der Waals surface area (Å²) in [5, 5.41) is 0. The van der Waals surface area contributed by atoms with Crippen molar-refractivity contribution in [2.75, 3.05) is 6.54 Å². The van der Waals surface area contributed by atoms with E-state index in [0.717, 1.165) is 25.7 Å². The molecular formula is C14H21FN2O2S. The van der Waals surface area contributed by atoms with E-state index in [2.05, 4.69) is 0 Å². The van der Waals surface area contributed by atoms with Gasteiger partial charge in [0.2, 0.25) is 10.0 Å². The minimum atomic E-state index is -3.78. The Bertz CT molecular complexity index is 554. The van der Waals surface area contributed by atoms with Gasteiger partial charge >= 0.3 is 0 Å². The fourth-order valence-corrected chi connectivity index (χ4v) is 4.56. The Labute approximate surface area is 119 Å². The van der Waals surface area contributed by atoms with Crippen molar-refractivity contribution >= 4 is 10.0 Å². The molecule has 4 nitrogen and oxygen atoms in total. The lowest BCUT2D eigenvalue weighted by Gasteiger charge is -2.34. The van der Waals surface area contributed by atoms with Crippen LogP contribution in [0.3, 0.4) is 0 Å². The third kappa shape index (κ3) is 3.02. The highest BCUT2D eigenvalue weighted by Crippen LogP contribution is 2.28. The Morgan fingerprint density at radius 1 is 1.25 bits per heavy atom. The smallest absolute Gasteiger partial charge is 0.246 e. The van der Waals surface area contributed by atoms with E-state index < -0.39 is 15.8 Å². The molecular weight excluding hydrogens is 279 g/mol. The second-order valence-electron chi connectivity index (χ2n) is 5.21. The largest absolute Gasteiger partial charge is 0.328 e. The van der Waals surface area contributed by atoms with Crippen LogP contribution in [-0.2, 0) is 10.0 Å². The highest BCUT2D eigenvalue weighted by Gasteiger charge is 2.33. The molecule has 1 aromatic rings. The predicted molar refractivity (Wildman–Crippen MR) is 76.2 cm³/mol. The van der Waals surface area contributed by atoms with Crippen LogP contribution in [0.2, 0.25) is 0 Å². The van der Waals surface area contributed by atoms with Gasteiger partial charge in [-0.2, -0.15) is 4.31 Å². The highest BCUT2D eigenvalue weighted by atomic mass is 32.2. The molecule has 0 radical (unpaired) electrons. The maximum absolute atomic E-state index is 13.8. The number of hydrogen-bond donors (Lipinski definition) is 1. The Kier molecular flexibility index (Phi) is 4.78. The van der Waals surface area contributed by atoms with Gasteiger partial charge in [-0.3, -0.25) is 0 Å². The summed E-state index contributed by atoms with van der Waals surface area (Å²) in [5.74, 6) is -0.696. The van der Waals surface area contributed by atoms with Crippen LogP contribution >= 0.6 is 0 Å². The SMILES string of the molecule is CCN(C1CCC(N)CC1)S(=O)(=O)c1ccccc1F. The van der Waals surface area contributed by atoms with Crippen LogP contribution in [0.5, 0.6) is 0 Å². The number of hydrogen-bond acceptors (Lipinski definition) is 3. The van der Waals surface area contributed by atoms with Crippen molar-refractivity contribution in [2.45, 2.75) is 49.6 Å². The summed E-state index contributed by atoms with van der Waals surface area (Å²) >= 11 is 0. The molecule has 0 atom stereocenters. The summed E-state index contributed by atoms with van der Waals surface area (Å²) in [6, 6.07) is 5.61. The second-order valence-corrected chi connectivity index (χ2v) is 7.07. The van der Waals surface area contributed by atoms with Gasteiger partial charge in [-0.15, -0.1) is 0 Å². The molecule has 0 amide bonds. The van der Waals surface area contributed by atoms with E-state index in [1.54, 1.807) is 13.0 Å². The van der Waals surface area contributed by atoms with E-state index >= 15 is 0 Å². The normalized spacial score (nSPS) is 24.0. The van der Waals surface area contributed by atoms with Crippen LogP contribution in [0.15, 0.2) is 29.2 Å². The Hall–Kier alpha value is -0.980. The Balaban J connectivity index is 2.29. The summed E-state index contributed by atoms with van der Waals surface area (Å²) < 4.78 is 40.4. The van der Waals surface area contributed by atoms with E-state index in [0.29, 0.717) is 6.54 Å². The molecule has 20 heavy (non-hydrogen) atoms. The van der Waals surface area contributed by atoms with Crippen molar-refractivity contribution in [3.05, 3.63) is 30.1 Å². The number of nitrogens with zero attached hydrogens (tertiary/aromatic N) is 1. The van der Waals surface area contributed by atoms with Gasteiger partial charge < -0.3 is 5.73 Å². The van der Waals surface area contributed by atoms with Gasteiger partial charge in [0.25, 0.3) is 0 Å². The van der Waals surface area contributed by atoms with Crippen molar-refractivity contribution in [2.24, 2.45) is 5.73 Å². The van der Waals surface area contributed by atoms with Crippen LogP contribution in [0.25, 0.3) is 0 Å². The molecule has 0 bridgehead atoms. The van der Waals surface area contributed by atoms with Gasteiger partial charge in [-0.1, -0.05) is 19.1 Å². The minimum Gasteiger partial charge on any atom is -0.328 e. The van der Waals surface area contributed by atoms with Crippen LogP contribution in [0.4, 0.5) is 4.39 Å². The summed E-state index contributed by atoms with van der Waals surface area (Å²) in [6.07, 6.45) is 3.10. The molecule has 6 heteroatoms. The van der Waals surface area contributed by atoms with Crippen LogP contribution < -0.4 is 5.73 Å². The lowest BCUT2D eigenvalue weighted by atomic mass is 9.92. The van der Waals surface area contributed by atoms with E-state index in [4.69, 9.17) is 5.73 Å². The topological polar surface area (TPSA) is 63.4 Å². The first-order valence-corrected chi connectivity index (χ1v) is 8.42. The molecule has 1 aromatic carbocycles. The first kappa shape index (κ1) is 15.4. The van der Waals surface area contributed by atoms with E-state index in [1.165, 1.54) is 22.5 Å². The zero-order valence-corrected chi connectivity index (χ0v) is 12.4. The van der Waals surface area contributed by atoms with Crippen LogP contribution in [0, 0.1) is 5.82 Å². The molecule has 112 valence electrons. The van der Waals surface area contributed by atoms with Gasteiger partial charge in [0.15, 0.2) is 0 Å². The van der Waals surface area contributed by atoms with Crippen molar-refractivity contribution < 1.29 is 12.8 Å². The van der Waals surface area contributed by atoms with Crippen LogP contribution in [-0.4, -0.2) is 31.4 Å². The van der Waals surface area contributed by atoms with Crippen molar-refractivity contribution in [3.8, 4) is 0 Å². The van der Waals surface area contributed by atoms with Crippen molar-refractivity contribution in [3.63, 3.8) is 0 Å². The first-order valence-electron chi connectivity index (χ1n) is 6.98. The van der Waals surface area contributed by atoms with Gasteiger partial charge in [0, 0.05) is 18.6 Å². The lowest BCUT2D eigenvalue weighted by Crippen LogP contribution is -2.44. The molecule has 1 fully saturated rings. The molecule has 0 saturated heterocycles. The molecule has 0 heterocycles. The summed E-state index contributed by atoms with van der Waals surface area (Å²) in [6.45, 7) is 2.13. The summed E-state index contributed by atoms with van der Waals surface area (Å²) in [5.41, 5.74) is 5.85. The lowest BCUT2D eigenvalue weighted by molar-refractivity contribution is 0.246. The molecule has 0 unspecified atom stereocenters. The molecule has 1 aliphatic rings. The number of benzene rings is 1. The van der Waals surface area contributed by atoms with Gasteiger partial charge in [-0.05, 0) is 37.8 Å². The molecule has 0 spiro atoms.